The number of rotatable bonds is 6. The zero-order valence-corrected chi connectivity index (χ0v) is 16.0. The lowest BCUT2D eigenvalue weighted by atomic mass is 10.0. The van der Waals surface area contributed by atoms with Crippen molar-refractivity contribution in [1.29, 1.82) is 0 Å². The van der Waals surface area contributed by atoms with Crippen molar-refractivity contribution < 1.29 is 9.53 Å². The number of nitrogens with zero attached hydrogens (tertiary/aromatic N) is 1. The molecule has 2 atom stereocenters. The highest BCUT2D eigenvalue weighted by Crippen LogP contribution is 2.32. The first-order chi connectivity index (χ1) is 12.6. The average molecular weight is 373 g/mol. The molecule has 26 heavy (non-hydrogen) atoms. The number of carbonyl (C=O) groups is 1. The number of nitrogens with one attached hydrogen (secondary N) is 1. The zero-order chi connectivity index (χ0) is 18.5. The van der Waals surface area contributed by atoms with Gasteiger partial charge in [-0.05, 0) is 55.6 Å². The third-order valence-electron chi connectivity index (χ3n) is 4.96. The second-order valence-electron chi connectivity index (χ2n) is 6.71. The van der Waals surface area contributed by atoms with E-state index in [9.17, 15) is 4.79 Å². The molecule has 1 saturated heterocycles. The topological polar surface area (TPSA) is 41.6 Å². The van der Waals surface area contributed by atoms with E-state index in [1.807, 2.05) is 43.3 Å². The lowest BCUT2D eigenvalue weighted by molar-refractivity contribution is -0.123. The van der Waals surface area contributed by atoms with Gasteiger partial charge in [-0.3, -0.25) is 9.69 Å². The maximum atomic E-state index is 12.6. The van der Waals surface area contributed by atoms with Gasteiger partial charge < -0.3 is 10.1 Å². The summed E-state index contributed by atoms with van der Waals surface area (Å²) in [6.45, 7) is 3.29. The van der Waals surface area contributed by atoms with E-state index in [4.69, 9.17) is 16.3 Å². The molecule has 0 aromatic heterocycles. The Labute approximate surface area is 160 Å². The molecule has 0 saturated carbocycles. The van der Waals surface area contributed by atoms with Crippen LogP contribution in [0.3, 0.4) is 0 Å². The Kier molecular flexibility index (Phi) is 6.17. The van der Waals surface area contributed by atoms with E-state index in [2.05, 4.69) is 22.3 Å². The Morgan fingerprint density at radius 2 is 2.00 bits per heavy atom. The van der Waals surface area contributed by atoms with Crippen LogP contribution in [0, 0.1) is 0 Å². The van der Waals surface area contributed by atoms with Crippen LogP contribution in [0.25, 0.3) is 0 Å². The summed E-state index contributed by atoms with van der Waals surface area (Å²) in [6.07, 6.45) is 2.17. The third kappa shape index (κ3) is 4.37. The van der Waals surface area contributed by atoms with Gasteiger partial charge in [-0.15, -0.1) is 0 Å². The van der Waals surface area contributed by atoms with Crippen molar-refractivity contribution in [2.45, 2.75) is 31.8 Å². The maximum Gasteiger partial charge on any atom is 0.234 e. The minimum atomic E-state index is -0.113. The monoisotopic (exact) mass is 372 g/mol. The van der Waals surface area contributed by atoms with E-state index in [-0.39, 0.29) is 18.0 Å². The number of hydrogen-bond donors (Lipinski definition) is 1. The molecule has 0 radical (unpaired) electrons. The van der Waals surface area contributed by atoms with Crippen LogP contribution < -0.4 is 10.1 Å². The fourth-order valence-corrected chi connectivity index (χ4v) is 3.89. The number of halogens is 1. The third-order valence-corrected chi connectivity index (χ3v) is 5.30. The first kappa shape index (κ1) is 18.7. The van der Waals surface area contributed by atoms with Gasteiger partial charge in [-0.1, -0.05) is 41.9 Å². The number of amides is 1. The highest BCUT2D eigenvalue weighted by molar-refractivity contribution is 6.31. The molecule has 1 heterocycles. The minimum Gasteiger partial charge on any atom is -0.497 e. The van der Waals surface area contributed by atoms with Crippen molar-refractivity contribution in [2.24, 2.45) is 0 Å². The molecule has 3 rings (SSSR count). The van der Waals surface area contributed by atoms with Crippen LogP contribution in [0.1, 0.15) is 43.0 Å². The van der Waals surface area contributed by atoms with Crippen LogP contribution in [0.5, 0.6) is 5.75 Å². The van der Waals surface area contributed by atoms with Crippen molar-refractivity contribution in [1.82, 2.24) is 10.2 Å². The van der Waals surface area contributed by atoms with E-state index in [0.29, 0.717) is 11.6 Å². The molecule has 4 nitrogen and oxygen atoms in total. The second kappa shape index (κ2) is 8.56. The minimum absolute atomic E-state index is 0.0258. The van der Waals surface area contributed by atoms with Gasteiger partial charge in [0.05, 0.1) is 19.7 Å². The molecule has 1 N–H and O–H groups in total. The molecular weight excluding hydrogens is 348 g/mol. The SMILES string of the molecule is COc1ccc([C@H]2CCCN2CC(=O)N[C@@H](C)c2ccccc2Cl)cc1. The summed E-state index contributed by atoms with van der Waals surface area (Å²) in [5.41, 5.74) is 2.17. The van der Waals surface area contributed by atoms with Gasteiger partial charge in [0.25, 0.3) is 0 Å². The number of benzene rings is 2. The molecule has 0 spiro atoms. The predicted octanol–water partition coefficient (Wildman–Crippen LogP) is 4.36. The van der Waals surface area contributed by atoms with Gasteiger partial charge in [0.1, 0.15) is 5.75 Å². The molecule has 1 amide bonds. The Morgan fingerprint density at radius 1 is 1.27 bits per heavy atom. The van der Waals surface area contributed by atoms with Crippen molar-refractivity contribution in [2.75, 3.05) is 20.2 Å². The lowest BCUT2D eigenvalue weighted by Gasteiger charge is -2.25. The molecular formula is C21H25ClN2O2. The smallest absolute Gasteiger partial charge is 0.234 e. The average Bonchev–Trinajstić information content (AvgIpc) is 3.10. The Balaban J connectivity index is 1.61. The van der Waals surface area contributed by atoms with Gasteiger partial charge >= 0.3 is 0 Å². The van der Waals surface area contributed by atoms with Gasteiger partial charge in [0.15, 0.2) is 0 Å². The first-order valence-corrected chi connectivity index (χ1v) is 9.38. The van der Waals surface area contributed by atoms with Gasteiger partial charge in [0.2, 0.25) is 5.91 Å². The van der Waals surface area contributed by atoms with E-state index in [1.54, 1.807) is 7.11 Å². The number of likely N-dealkylation sites (tertiary alicyclic amines) is 1. The van der Waals surface area contributed by atoms with Crippen LogP contribution >= 0.6 is 11.6 Å². The molecule has 2 aromatic rings. The quantitative estimate of drug-likeness (QED) is 0.819. The number of methoxy groups -OCH3 is 1. The van der Waals surface area contributed by atoms with Crippen LogP contribution in [-0.4, -0.2) is 31.0 Å². The van der Waals surface area contributed by atoms with Crippen molar-refractivity contribution in [3.05, 3.63) is 64.7 Å². The highest BCUT2D eigenvalue weighted by Gasteiger charge is 2.28. The fourth-order valence-electron chi connectivity index (χ4n) is 3.59. The Hall–Kier alpha value is -2.04. The summed E-state index contributed by atoms with van der Waals surface area (Å²) in [7, 11) is 1.67. The molecule has 1 fully saturated rings. The van der Waals surface area contributed by atoms with E-state index in [1.165, 1.54) is 5.56 Å². The number of ether oxygens (including phenoxy) is 1. The molecule has 2 aromatic carbocycles. The van der Waals surface area contributed by atoms with E-state index >= 15 is 0 Å². The Bertz CT molecular complexity index is 748. The van der Waals surface area contributed by atoms with Crippen molar-refractivity contribution in [3.63, 3.8) is 0 Å². The first-order valence-electron chi connectivity index (χ1n) is 9.00. The molecule has 0 bridgehead atoms. The molecule has 0 aliphatic carbocycles. The van der Waals surface area contributed by atoms with Crippen LogP contribution in [0.2, 0.25) is 5.02 Å². The second-order valence-corrected chi connectivity index (χ2v) is 7.12. The van der Waals surface area contributed by atoms with Gasteiger partial charge in [0, 0.05) is 11.1 Å². The predicted molar refractivity (Wildman–Crippen MR) is 105 cm³/mol. The normalized spacial score (nSPS) is 18.5. The van der Waals surface area contributed by atoms with Gasteiger partial charge in [-0.25, -0.2) is 0 Å². The molecule has 5 heteroatoms. The molecule has 1 aliphatic heterocycles. The Morgan fingerprint density at radius 3 is 2.69 bits per heavy atom. The van der Waals surface area contributed by atoms with Crippen LogP contribution in [0.4, 0.5) is 0 Å². The van der Waals surface area contributed by atoms with E-state index < -0.39 is 0 Å². The van der Waals surface area contributed by atoms with Crippen LogP contribution in [-0.2, 0) is 4.79 Å². The summed E-state index contributed by atoms with van der Waals surface area (Å²) in [6, 6.07) is 15.9. The summed E-state index contributed by atoms with van der Waals surface area (Å²) in [5.74, 6) is 0.877. The number of carbonyl (C=O) groups excluding carboxylic acids is 1. The molecule has 0 unspecified atom stereocenters. The van der Waals surface area contributed by atoms with Gasteiger partial charge in [-0.2, -0.15) is 0 Å². The maximum absolute atomic E-state index is 12.6. The van der Waals surface area contributed by atoms with Crippen LogP contribution in [0.15, 0.2) is 48.5 Å². The fraction of sp³-hybridized carbons (Fsp3) is 0.381. The standard InChI is InChI=1S/C21H25ClN2O2/c1-15(18-6-3-4-7-19(18)22)23-21(25)14-24-13-5-8-20(24)16-9-11-17(26-2)12-10-16/h3-4,6-7,9-12,15,20H,5,8,13-14H2,1-2H3,(H,23,25)/t15-,20+/m0/s1. The summed E-state index contributed by atoms with van der Waals surface area (Å²) in [5, 5.41) is 3.75. The number of hydrogen-bond acceptors (Lipinski definition) is 3. The highest BCUT2D eigenvalue weighted by atomic mass is 35.5. The van der Waals surface area contributed by atoms with E-state index in [0.717, 1.165) is 30.7 Å². The zero-order valence-electron chi connectivity index (χ0n) is 15.2. The summed E-state index contributed by atoms with van der Waals surface area (Å²) in [4.78, 5) is 14.8. The summed E-state index contributed by atoms with van der Waals surface area (Å²) < 4.78 is 5.23. The van der Waals surface area contributed by atoms with Crippen molar-refractivity contribution >= 4 is 17.5 Å². The summed E-state index contributed by atoms with van der Waals surface area (Å²) >= 11 is 6.23. The largest absolute Gasteiger partial charge is 0.497 e. The van der Waals surface area contributed by atoms with Crippen molar-refractivity contribution in [3.8, 4) is 5.75 Å². The lowest BCUT2D eigenvalue weighted by Crippen LogP contribution is -2.38. The molecule has 138 valence electrons. The molecule has 1 aliphatic rings.